The van der Waals surface area contributed by atoms with Crippen LogP contribution in [0.15, 0.2) is 29.3 Å². The Kier molecular flexibility index (Phi) is 7.59. The number of nitrogens with one attached hydrogen (secondary N) is 1. The predicted octanol–water partition coefficient (Wildman–Crippen LogP) is 4.73. The van der Waals surface area contributed by atoms with Gasteiger partial charge in [-0.25, -0.2) is 18.4 Å². The van der Waals surface area contributed by atoms with Gasteiger partial charge in [-0.05, 0) is 115 Å². The first-order valence-corrected chi connectivity index (χ1v) is 15.4. The summed E-state index contributed by atoms with van der Waals surface area (Å²) in [5, 5.41) is 13.4. The number of likely N-dealkylation sites (tertiary alicyclic amines) is 1. The molecule has 1 aromatic carbocycles. The molecule has 1 saturated heterocycles. The van der Waals surface area contributed by atoms with Gasteiger partial charge < -0.3 is 20.1 Å². The summed E-state index contributed by atoms with van der Waals surface area (Å²) < 4.78 is 32.2. The quantitative estimate of drug-likeness (QED) is 0.517. The van der Waals surface area contributed by atoms with Crippen LogP contribution in [0.1, 0.15) is 81.0 Å². The number of aliphatic hydroxyl groups is 1. The molecule has 208 valence electrons. The minimum Gasteiger partial charge on any atom is -0.390 e. The molecule has 0 radical (unpaired) electrons. The Morgan fingerprint density at radius 1 is 1.16 bits per heavy atom. The van der Waals surface area contributed by atoms with Crippen molar-refractivity contribution in [2.75, 3.05) is 32.6 Å². The highest BCUT2D eigenvalue weighted by Gasteiger charge is 2.50. The van der Waals surface area contributed by atoms with Crippen LogP contribution in [0, 0.1) is 12.3 Å². The maximum absolute atomic E-state index is 13.4. The summed E-state index contributed by atoms with van der Waals surface area (Å²) in [6.45, 7) is 6.38. The zero-order valence-electron chi connectivity index (χ0n) is 23.2. The Morgan fingerprint density at radius 2 is 1.84 bits per heavy atom. The third-order valence-electron chi connectivity index (χ3n) is 9.23. The van der Waals surface area contributed by atoms with Crippen molar-refractivity contribution in [1.29, 1.82) is 0 Å². The van der Waals surface area contributed by atoms with Crippen molar-refractivity contribution in [1.82, 2.24) is 14.9 Å². The Morgan fingerprint density at radius 3 is 2.47 bits per heavy atom. The smallest absolute Gasteiger partial charge is 0.227 e. The van der Waals surface area contributed by atoms with Gasteiger partial charge in [-0.2, -0.15) is 0 Å². The number of hydrogen-bond acceptors (Lipinski definition) is 8. The van der Waals surface area contributed by atoms with Crippen LogP contribution < -0.4 is 5.32 Å². The number of piperidine rings is 1. The van der Waals surface area contributed by atoms with Gasteiger partial charge in [-0.15, -0.1) is 0 Å². The van der Waals surface area contributed by atoms with Crippen LogP contribution in [0.25, 0.3) is 0 Å². The minimum atomic E-state index is -3.35. The summed E-state index contributed by atoms with van der Waals surface area (Å²) >= 11 is 0. The molecule has 1 aliphatic heterocycles. The molecule has 0 unspecified atom stereocenters. The number of nitrogens with zero attached hydrogens (tertiary/aromatic N) is 3. The van der Waals surface area contributed by atoms with E-state index in [2.05, 4.69) is 22.2 Å². The van der Waals surface area contributed by atoms with E-state index in [0.717, 1.165) is 87.0 Å². The second-order valence-corrected chi connectivity index (χ2v) is 14.5. The van der Waals surface area contributed by atoms with Gasteiger partial charge in [0.15, 0.2) is 9.84 Å². The SMILES string of the molecule is COCc1cnc(Nc2ccc(S(=O)(=O)C3CC4(CCN(C)CC4)C3)cc2C)nc1[C@H]1CC[C@@](C)(O)CC1. The van der Waals surface area contributed by atoms with Crippen LogP contribution in [0.4, 0.5) is 11.6 Å². The molecule has 2 aliphatic carbocycles. The lowest BCUT2D eigenvalue weighted by atomic mass is 9.63. The average Bonchev–Trinajstić information content (AvgIpc) is 2.85. The zero-order chi connectivity index (χ0) is 27.1. The molecule has 2 saturated carbocycles. The molecule has 0 atom stereocenters. The first-order chi connectivity index (χ1) is 18.0. The van der Waals surface area contributed by atoms with Crippen LogP contribution in [-0.4, -0.2) is 66.5 Å². The zero-order valence-corrected chi connectivity index (χ0v) is 24.0. The molecule has 2 heterocycles. The normalized spacial score (nSPS) is 26.3. The fraction of sp³-hybridized carbons (Fsp3) is 0.655. The van der Waals surface area contributed by atoms with E-state index >= 15 is 0 Å². The molecule has 1 spiro atoms. The number of benzene rings is 1. The standard InChI is InChI=1S/C29H42N4O4S/c1-20-15-23(38(35,36)24-16-29(17-24)11-13-33(3)14-12-29)5-6-25(20)31-27-30-18-22(19-37-4)26(32-27)21-7-9-28(2,34)10-8-21/h5-6,15,18,21,24,34H,7-14,16-17,19H2,1-4H3,(H,30,31,32)/t21-,28+. The summed E-state index contributed by atoms with van der Waals surface area (Å²) in [6.07, 6.45) is 8.79. The Balaban J connectivity index is 1.30. The van der Waals surface area contributed by atoms with Crippen LogP contribution in [-0.2, 0) is 21.2 Å². The average molecular weight is 543 g/mol. The fourth-order valence-electron chi connectivity index (χ4n) is 6.51. The van der Waals surface area contributed by atoms with Crippen LogP contribution in [0.2, 0.25) is 0 Å². The van der Waals surface area contributed by atoms with Gasteiger partial charge in [0.05, 0.1) is 28.0 Å². The molecule has 8 nitrogen and oxygen atoms in total. The summed E-state index contributed by atoms with van der Waals surface area (Å²) in [4.78, 5) is 12.1. The molecule has 2 N–H and O–H groups in total. The predicted molar refractivity (Wildman–Crippen MR) is 148 cm³/mol. The van der Waals surface area contributed by atoms with Gasteiger partial charge in [-0.3, -0.25) is 0 Å². The largest absolute Gasteiger partial charge is 0.390 e. The van der Waals surface area contributed by atoms with Crippen molar-refractivity contribution in [2.45, 2.75) is 93.5 Å². The molecule has 1 aromatic heterocycles. The van der Waals surface area contributed by atoms with Gasteiger partial charge in [-0.1, -0.05) is 0 Å². The van der Waals surface area contributed by atoms with Gasteiger partial charge in [0, 0.05) is 30.5 Å². The van der Waals surface area contributed by atoms with Gasteiger partial charge in [0.2, 0.25) is 5.95 Å². The lowest BCUT2D eigenvalue weighted by molar-refractivity contribution is 0.0166. The second kappa shape index (κ2) is 10.5. The van der Waals surface area contributed by atoms with Gasteiger partial charge in [0.25, 0.3) is 0 Å². The van der Waals surface area contributed by atoms with Crippen molar-refractivity contribution >= 4 is 21.5 Å². The molecule has 0 bridgehead atoms. The number of sulfone groups is 1. The highest BCUT2D eigenvalue weighted by molar-refractivity contribution is 7.92. The summed E-state index contributed by atoms with van der Waals surface area (Å²) in [7, 11) is 0.450. The topological polar surface area (TPSA) is 105 Å². The number of ether oxygens (including phenoxy) is 1. The van der Waals surface area contributed by atoms with Crippen molar-refractivity contribution < 1.29 is 18.3 Å². The first kappa shape index (κ1) is 27.5. The van der Waals surface area contributed by atoms with E-state index in [-0.39, 0.29) is 16.6 Å². The molecule has 3 fully saturated rings. The number of methoxy groups -OCH3 is 1. The van der Waals surface area contributed by atoms with E-state index in [1.54, 1.807) is 19.2 Å². The van der Waals surface area contributed by atoms with Crippen molar-refractivity contribution in [3.63, 3.8) is 0 Å². The van der Waals surface area contributed by atoms with Gasteiger partial charge >= 0.3 is 0 Å². The van der Waals surface area contributed by atoms with E-state index in [0.29, 0.717) is 17.5 Å². The second-order valence-electron chi connectivity index (χ2n) is 12.3. The van der Waals surface area contributed by atoms with Crippen molar-refractivity contribution in [3.05, 3.63) is 41.2 Å². The third-order valence-corrected chi connectivity index (χ3v) is 11.4. The maximum Gasteiger partial charge on any atom is 0.227 e. The van der Waals surface area contributed by atoms with E-state index in [1.165, 1.54) is 0 Å². The third kappa shape index (κ3) is 5.62. The summed E-state index contributed by atoms with van der Waals surface area (Å²) in [5.74, 6) is 0.729. The monoisotopic (exact) mass is 542 g/mol. The Labute approximate surface area is 227 Å². The number of aromatic nitrogens is 2. The lowest BCUT2D eigenvalue weighted by Gasteiger charge is -2.51. The van der Waals surface area contributed by atoms with Crippen molar-refractivity contribution in [3.8, 4) is 0 Å². The molecule has 2 aromatic rings. The number of rotatable bonds is 7. The van der Waals surface area contributed by atoms with Crippen molar-refractivity contribution in [2.24, 2.45) is 5.41 Å². The van der Waals surface area contributed by atoms with Gasteiger partial charge in [0.1, 0.15) is 0 Å². The Bertz CT molecular complexity index is 1250. The molecular weight excluding hydrogens is 500 g/mol. The van der Waals surface area contributed by atoms with E-state index in [9.17, 15) is 13.5 Å². The molecule has 38 heavy (non-hydrogen) atoms. The fourth-order valence-corrected chi connectivity index (χ4v) is 8.64. The minimum absolute atomic E-state index is 0.221. The maximum atomic E-state index is 13.4. The van der Waals surface area contributed by atoms with E-state index in [4.69, 9.17) is 9.72 Å². The number of aryl methyl sites for hydroxylation is 1. The molecule has 9 heteroatoms. The molecular formula is C29H42N4O4S. The lowest BCUT2D eigenvalue weighted by Crippen LogP contribution is -2.50. The molecule has 0 amide bonds. The van der Waals surface area contributed by atoms with Crippen LogP contribution in [0.3, 0.4) is 0 Å². The molecule has 5 rings (SSSR count). The number of anilines is 2. The first-order valence-electron chi connectivity index (χ1n) is 13.9. The summed E-state index contributed by atoms with van der Waals surface area (Å²) in [5.41, 5.74) is 3.17. The van der Waals surface area contributed by atoms with E-state index < -0.39 is 15.4 Å². The molecule has 3 aliphatic rings. The van der Waals surface area contributed by atoms with E-state index in [1.807, 2.05) is 26.1 Å². The highest BCUT2D eigenvalue weighted by atomic mass is 32.2. The Hall–Kier alpha value is -2.07. The number of hydrogen-bond donors (Lipinski definition) is 2. The summed E-state index contributed by atoms with van der Waals surface area (Å²) in [6, 6.07) is 5.32. The highest BCUT2D eigenvalue weighted by Crippen LogP contribution is 2.52. The van der Waals surface area contributed by atoms with Crippen LogP contribution >= 0.6 is 0 Å². The van der Waals surface area contributed by atoms with Crippen LogP contribution in [0.5, 0.6) is 0 Å².